The van der Waals surface area contributed by atoms with E-state index in [1.165, 1.54) is 6.42 Å². The fourth-order valence-corrected chi connectivity index (χ4v) is 3.40. The van der Waals surface area contributed by atoms with Crippen LogP contribution in [0, 0.1) is 0 Å². The lowest BCUT2D eigenvalue weighted by atomic mass is 10.1. The number of H-pyrrole nitrogens is 1. The van der Waals surface area contributed by atoms with Crippen LogP contribution in [-0.4, -0.2) is 47.8 Å². The third kappa shape index (κ3) is 3.52. The minimum Gasteiger partial charge on any atom is -0.376 e. The zero-order chi connectivity index (χ0) is 15.4. The first-order valence-electron chi connectivity index (χ1n) is 8.42. The first kappa shape index (κ1) is 15.6. The Morgan fingerprint density at radius 1 is 1.45 bits per heavy atom. The molecule has 1 amide bonds. The molecule has 0 bridgehead atoms. The van der Waals surface area contributed by atoms with Gasteiger partial charge in [-0.3, -0.25) is 4.79 Å². The van der Waals surface area contributed by atoms with E-state index in [9.17, 15) is 4.79 Å². The van der Waals surface area contributed by atoms with E-state index in [2.05, 4.69) is 11.1 Å². The molecular formula is C17H26N2O3. The Bertz CT molecular complexity index is 468. The Kier molecular flexibility index (Phi) is 5.16. The average molecular weight is 306 g/mol. The van der Waals surface area contributed by atoms with E-state index in [1.54, 1.807) is 0 Å². The minimum absolute atomic E-state index is 0.0907. The number of hydrogen-bond acceptors (Lipinski definition) is 3. The number of carbonyl (C=O) groups is 1. The van der Waals surface area contributed by atoms with Gasteiger partial charge >= 0.3 is 0 Å². The van der Waals surface area contributed by atoms with Gasteiger partial charge in [0.2, 0.25) is 0 Å². The summed E-state index contributed by atoms with van der Waals surface area (Å²) in [6.45, 7) is 4.01. The summed E-state index contributed by atoms with van der Waals surface area (Å²) in [7, 11) is 0. The molecule has 0 aliphatic carbocycles. The predicted octanol–water partition coefficient (Wildman–Crippen LogP) is 2.65. The normalized spacial score (nSPS) is 27.0. The van der Waals surface area contributed by atoms with Crippen molar-refractivity contribution in [2.45, 2.75) is 57.3 Å². The summed E-state index contributed by atoms with van der Waals surface area (Å²) in [5.74, 6) is 0.0907. The Morgan fingerprint density at radius 2 is 2.36 bits per heavy atom. The molecule has 0 unspecified atom stereocenters. The van der Waals surface area contributed by atoms with E-state index in [0.29, 0.717) is 6.61 Å². The summed E-state index contributed by atoms with van der Waals surface area (Å²) in [4.78, 5) is 17.9. The van der Waals surface area contributed by atoms with E-state index >= 15 is 0 Å². The summed E-state index contributed by atoms with van der Waals surface area (Å²) in [6, 6.07) is 4.20. The monoisotopic (exact) mass is 306 g/mol. The highest BCUT2D eigenvalue weighted by molar-refractivity contribution is 5.81. The van der Waals surface area contributed by atoms with Gasteiger partial charge in [-0.25, -0.2) is 0 Å². The SMILES string of the molecule is C[C@H](OC[C@@H]1CCCCO1)C(=O)N1CCC[C@H]1c1ccc[nH]1. The lowest BCUT2D eigenvalue weighted by Crippen LogP contribution is -2.40. The van der Waals surface area contributed by atoms with Crippen LogP contribution in [-0.2, 0) is 14.3 Å². The predicted molar refractivity (Wildman–Crippen MR) is 83.5 cm³/mol. The summed E-state index contributed by atoms with van der Waals surface area (Å²) >= 11 is 0. The highest BCUT2D eigenvalue weighted by atomic mass is 16.5. The van der Waals surface area contributed by atoms with Crippen molar-refractivity contribution < 1.29 is 14.3 Å². The molecule has 0 saturated carbocycles. The third-order valence-corrected chi connectivity index (χ3v) is 4.67. The van der Waals surface area contributed by atoms with Gasteiger partial charge < -0.3 is 19.4 Å². The number of nitrogens with zero attached hydrogens (tertiary/aromatic N) is 1. The average Bonchev–Trinajstić information content (AvgIpc) is 3.23. The molecule has 122 valence electrons. The number of aromatic nitrogens is 1. The topological polar surface area (TPSA) is 54.6 Å². The largest absolute Gasteiger partial charge is 0.376 e. The van der Waals surface area contributed by atoms with Gasteiger partial charge in [0, 0.05) is 25.0 Å². The van der Waals surface area contributed by atoms with Crippen LogP contribution in [0.4, 0.5) is 0 Å². The molecule has 3 rings (SSSR count). The Labute approximate surface area is 132 Å². The highest BCUT2D eigenvalue weighted by Gasteiger charge is 2.33. The summed E-state index contributed by atoms with van der Waals surface area (Å²) < 4.78 is 11.5. The maximum absolute atomic E-state index is 12.7. The molecule has 2 aliphatic heterocycles. The van der Waals surface area contributed by atoms with Crippen molar-refractivity contribution in [2.75, 3.05) is 19.8 Å². The van der Waals surface area contributed by atoms with Gasteiger partial charge in [-0.1, -0.05) is 0 Å². The summed E-state index contributed by atoms with van der Waals surface area (Å²) in [5.41, 5.74) is 1.12. The first-order valence-corrected chi connectivity index (χ1v) is 8.42. The second kappa shape index (κ2) is 7.29. The van der Waals surface area contributed by atoms with E-state index in [0.717, 1.165) is 44.5 Å². The highest BCUT2D eigenvalue weighted by Crippen LogP contribution is 2.31. The molecule has 1 N–H and O–H groups in total. The van der Waals surface area contributed by atoms with Crippen LogP contribution in [0.2, 0.25) is 0 Å². The number of aromatic amines is 1. The molecule has 0 radical (unpaired) electrons. The third-order valence-electron chi connectivity index (χ3n) is 4.67. The van der Waals surface area contributed by atoms with Gasteiger partial charge in [0.05, 0.1) is 18.8 Å². The van der Waals surface area contributed by atoms with Gasteiger partial charge in [0.25, 0.3) is 5.91 Å². The minimum atomic E-state index is -0.402. The lowest BCUT2D eigenvalue weighted by molar-refractivity contribution is -0.147. The van der Waals surface area contributed by atoms with Crippen LogP contribution < -0.4 is 0 Å². The summed E-state index contributed by atoms with van der Waals surface area (Å²) in [6.07, 6.45) is 7.10. The molecule has 1 aromatic heterocycles. The van der Waals surface area contributed by atoms with Crippen LogP contribution in [0.5, 0.6) is 0 Å². The van der Waals surface area contributed by atoms with Crippen molar-refractivity contribution in [1.29, 1.82) is 0 Å². The molecular weight excluding hydrogens is 280 g/mol. The molecule has 1 aromatic rings. The second-order valence-electron chi connectivity index (χ2n) is 6.28. The quantitative estimate of drug-likeness (QED) is 0.910. The van der Waals surface area contributed by atoms with Crippen molar-refractivity contribution in [3.63, 3.8) is 0 Å². The van der Waals surface area contributed by atoms with Crippen molar-refractivity contribution in [1.82, 2.24) is 9.88 Å². The Balaban J connectivity index is 1.53. The van der Waals surface area contributed by atoms with Gasteiger partial charge in [0.15, 0.2) is 0 Å². The molecule has 3 atom stereocenters. The molecule has 2 saturated heterocycles. The molecule has 0 spiro atoms. The number of ether oxygens (including phenoxy) is 2. The van der Waals surface area contributed by atoms with Crippen LogP contribution in [0.1, 0.15) is 50.8 Å². The molecule has 2 fully saturated rings. The fraction of sp³-hybridized carbons (Fsp3) is 0.706. The van der Waals surface area contributed by atoms with E-state index < -0.39 is 6.10 Å². The lowest BCUT2D eigenvalue weighted by Gasteiger charge is -2.28. The van der Waals surface area contributed by atoms with E-state index in [4.69, 9.17) is 9.47 Å². The molecule has 3 heterocycles. The van der Waals surface area contributed by atoms with Gasteiger partial charge in [-0.15, -0.1) is 0 Å². The molecule has 5 heteroatoms. The van der Waals surface area contributed by atoms with E-state index in [1.807, 2.05) is 24.1 Å². The number of nitrogens with one attached hydrogen (secondary N) is 1. The van der Waals surface area contributed by atoms with Crippen LogP contribution >= 0.6 is 0 Å². The van der Waals surface area contributed by atoms with Gasteiger partial charge in [0.1, 0.15) is 6.10 Å². The van der Waals surface area contributed by atoms with E-state index in [-0.39, 0.29) is 18.1 Å². The zero-order valence-electron chi connectivity index (χ0n) is 13.3. The Hall–Kier alpha value is -1.33. The maximum atomic E-state index is 12.7. The van der Waals surface area contributed by atoms with Crippen LogP contribution in [0.15, 0.2) is 18.3 Å². The number of amides is 1. The Morgan fingerprint density at radius 3 is 3.09 bits per heavy atom. The second-order valence-corrected chi connectivity index (χ2v) is 6.28. The standard InChI is InChI=1S/C17H26N2O3/c1-13(22-12-14-6-2-3-11-21-14)17(20)19-10-5-8-16(19)15-7-4-9-18-15/h4,7,9,13-14,16,18H,2-3,5-6,8,10-12H2,1H3/t13-,14-,16-/m0/s1. The maximum Gasteiger partial charge on any atom is 0.251 e. The van der Waals surface area contributed by atoms with Crippen molar-refractivity contribution in [2.24, 2.45) is 0 Å². The van der Waals surface area contributed by atoms with Crippen LogP contribution in [0.25, 0.3) is 0 Å². The van der Waals surface area contributed by atoms with Gasteiger partial charge in [-0.05, 0) is 51.2 Å². The first-order chi connectivity index (χ1) is 10.8. The zero-order valence-corrected chi connectivity index (χ0v) is 13.3. The molecule has 22 heavy (non-hydrogen) atoms. The fourth-order valence-electron chi connectivity index (χ4n) is 3.40. The molecule has 0 aromatic carbocycles. The number of carbonyl (C=O) groups excluding carboxylic acids is 1. The smallest absolute Gasteiger partial charge is 0.251 e. The molecule has 2 aliphatic rings. The number of rotatable bonds is 5. The van der Waals surface area contributed by atoms with Crippen molar-refractivity contribution in [3.05, 3.63) is 24.0 Å². The summed E-state index contributed by atoms with van der Waals surface area (Å²) in [5, 5.41) is 0. The van der Waals surface area contributed by atoms with Gasteiger partial charge in [-0.2, -0.15) is 0 Å². The number of hydrogen-bond donors (Lipinski definition) is 1. The number of likely N-dealkylation sites (tertiary alicyclic amines) is 1. The van der Waals surface area contributed by atoms with Crippen molar-refractivity contribution >= 4 is 5.91 Å². The molecule has 5 nitrogen and oxygen atoms in total. The van der Waals surface area contributed by atoms with Crippen LogP contribution in [0.3, 0.4) is 0 Å². The van der Waals surface area contributed by atoms with Crippen molar-refractivity contribution in [3.8, 4) is 0 Å².